The summed E-state index contributed by atoms with van der Waals surface area (Å²) in [5.41, 5.74) is 0.801. The van der Waals surface area contributed by atoms with E-state index in [-0.39, 0.29) is 24.4 Å². The molecule has 132 valence electrons. The van der Waals surface area contributed by atoms with Crippen LogP contribution >= 0.6 is 12.4 Å². The zero-order chi connectivity index (χ0) is 16.1. The van der Waals surface area contributed by atoms with Gasteiger partial charge in [-0.2, -0.15) is 0 Å². The fraction of sp³-hybridized carbons (Fsp3) is 0.588. The lowest BCUT2D eigenvalue weighted by molar-refractivity contribution is -0.138. The van der Waals surface area contributed by atoms with E-state index in [9.17, 15) is 9.59 Å². The molecule has 2 aliphatic rings. The van der Waals surface area contributed by atoms with Crippen molar-refractivity contribution in [2.24, 2.45) is 0 Å². The SMILES string of the molecule is Cl.O=CN1CCN(C(=O)Cc2ccccn2)[C@@H](CN2CCCC2)C1. The molecular formula is C17H25ClN4O2. The quantitative estimate of drug-likeness (QED) is 0.736. The Morgan fingerprint density at radius 2 is 2.00 bits per heavy atom. The van der Waals surface area contributed by atoms with Crippen LogP contribution in [0.25, 0.3) is 0 Å². The van der Waals surface area contributed by atoms with E-state index in [0.717, 1.165) is 31.7 Å². The second-order valence-electron chi connectivity index (χ2n) is 6.35. The first-order chi connectivity index (χ1) is 11.3. The number of hydrogen-bond acceptors (Lipinski definition) is 4. The predicted molar refractivity (Wildman–Crippen MR) is 94.0 cm³/mol. The molecule has 1 aromatic rings. The number of piperazine rings is 1. The summed E-state index contributed by atoms with van der Waals surface area (Å²) in [5, 5.41) is 0. The number of carbonyl (C=O) groups is 2. The van der Waals surface area contributed by atoms with Gasteiger partial charge in [-0.25, -0.2) is 0 Å². The molecule has 0 bridgehead atoms. The minimum atomic E-state index is 0. The molecule has 2 saturated heterocycles. The topological polar surface area (TPSA) is 56.8 Å². The highest BCUT2D eigenvalue weighted by atomic mass is 35.5. The number of aromatic nitrogens is 1. The third-order valence-electron chi connectivity index (χ3n) is 4.71. The minimum Gasteiger partial charge on any atom is -0.341 e. The van der Waals surface area contributed by atoms with E-state index < -0.39 is 0 Å². The normalized spacial score (nSPS) is 21.4. The Hall–Kier alpha value is -1.66. The molecule has 0 aromatic carbocycles. The molecule has 2 fully saturated rings. The van der Waals surface area contributed by atoms with Crippen LogP contribution in [0.2, 0.25) is 0 Å². The molecule has 3 heterocycles. The van der Waals surface area contributed by atoms with Crippen LogP contribution < -0.4 is 0 Å². The lowest BCUT2D eigenvalue weighted by Crippen LogP contribution is -2.58. The van der Waals surface area contributed by atoms with Crippen LogP contribution in [-0.2, 0) is 16.0 Å². The van der Waals surface area contributed by atoms with Gasteiger partial charge in [0, 0.05) is 38.1 Å². The Morgan fingerprint density at radius 1 is 1.21 bits per heavy atom. The summed E-state index contributed by atoms with van der Waals surface area (Å²) in [7, 11) is 0. The predicted octanol–water partition coefficient (Wildman–Crippen LogP) is 0.811. The smallest absolute Gasteiger partial charge is 0.229 e. The fourth-order valence-electron chi connectivity index (χ4n) is 3.48. The van der Waals surface area contributed by atoms with Crippen molar-refractivity contribution in [1.29, 1.82) is 0 Å². The number of carbonyl (C=O) groups excluding carboxylic acids is 2. The van der Waals surface area contributed by atoms with Crippen LogP contribution in [0.5, 0.6) is 0 Å². The Morgan fingerprint density at radius 3 is 2.67 bits per heavy atom. The summed E-state index contributed by atoms with van der Waals surface area (Å²) >= 11 is 0. The number of pyridine rings is 1. The molecule has 1 aromatic heterocycles. The van der Waals surface area contributed by atoms with Gasteiger partial charge in [0.05, 0.1) is 12.5 Å². The molecule has 0 radical (unpaired) electrons. The first-order valence-electron chi connectivity index (χ1n) is 8.37. The number of nitrogens with zero attached hydrogens (tertiary/aromatic N) is 4. The Bertz CT molecular complexity index is 537. The van der Waals surface area contributed by atoms with Crippen molar-refractivity contribution in [3.63, 3.8) is 0 Å². The molecule has 2 amide bonds. The highest BCUT2D eigenvalue weighted by molar-refractivity contribution is 5.85. The molecule has 24 heavy (non-hydrogen) atoms. The third-order valence-corrected chi connectivity index (χ3v) is 4.71. The molecule has 2 aliphatic heterocycles. The second kappa shape index (κ2) is 8.99. The van der Waals surface area contributed by atoms with Gasteiger partial charge in [-0.3, -0.25) is 14.6 Å². The summed E-state index contributed by atoms with van der Waals surface area (Å²) < 4.78 is 0. The van der Waals surface area contributed by atoms with Crippen LogP contribution in [0.4, 0.5) is 0 Å². The van der Waals surface area contributed by atoms with Gasteiger partial charge in [-0.05, 0) is 38.1 Å². The average molecular weight is 353 g/mol. The van der Waals surface area contributed by atoms with Crippen molar-refractivity contribution >= 4 is 24.7 Å². The molecule has 0 spiro atoms. The number of amides is 2. The molecular weight excluding hydrogens is 328 g/mol. The largest absolute Gasteiger partial charge is 0.341 e. The first-order valence-corrected chi connectivity index (χ1v) is 8.37. The van der Waals surface area contributed by atoms with Crippen LogP contribution in [0.3, 0.4) is 0 Å². The molecule has 0 aliphatic carbocycles. The van der Waals surface area contributed by atoms with E-state index >= 15 is 0 Å². The van der Waals surface area contributed by atoms with Crippen LogP contribution in [0.1, 0.15) is 18.5 Å². The van der Waals surface area contributed by atoms with Gasteiger partial charge >= 0.3 is 0 Å². The van der Waals surface area contributed by atoms with E-state index in [1.54, 1.807) is 11.1 Å². The summed E-state index contributed by atoms with van der Waals surface area (Å²) in [6.45, 7) is 4.92. The Balaban J connectivity index is 0.00000208. The van der Waals surface area contributed by atoms with Crippen molar-refractivity contribution in [1.82, 2.24) is 19.7 Å². The molecule has 6 nitrogen and oxygen atoms in total. The number of halogens is 1. The van der Waals surface area contributed by atoms with Gasteiger partial charge < -0.3 is 14.7 Å². The highest BCUT2D eigenvalue weighted by Gasteiger charge is 2.31. The fourth-order valence-corrected chi connectivity index (χ4v) is 3.48. The van der Waals surface area contributed by atoms with Crippen molar-refractivity contribution < 1.29 is 9.59 Å². The van der Waals surface area contributed by atoms with Crippen LogP contribution in [0.15, 0.2) is 24.4 Å². The summed E-state index contributed by atoms with van der Waals surface area (Å²) in [5.74, 6) is 0.110. The summed E-state index contributed by atoms with van der Waals surface area (Å²) in [4.78, 5) is 34.2. The number of likely N-dealkylation sites (tertiary alicyclic amines) is 1. The standard InChI is InChI=1S/C17H24N4O2.ClH/c22-14-20-9-10-21(16(13-20)12-19-7-3-4-8-19)17(23)11-15-5-1-2-6-18-15;/h1-2,5-6,14,16H,3-4,7-13H2;1H/t16-;/m0./s1. The molecule has 0 N–H and O–H groups in total. The Kier molecular flexibility index (Phi) is 6.99. The van der Waals surface area contributed by atoms with E-state index in [2.05, 4.69) is 9.88 Å². The number of rotatable bonds is 5. The first kappa shape index (κ1) is 18.7. The monoisotopic (exact) mass is 352 g/mol. The van der Waals surface area contributed by atoms with Gasteiger partial charge in [-0.15, -0.1) is 12.4 Å². The maximum Gasteiger partial charge on any atom is 0.229 e. The van der Waals surface area contributed by atoms with E-state index in [1.807, 2.05) is 23.1 Å². The van der Waals surface area contributed by atoms with Crippen molar-refractivity contribution in [2.75, 3.05) is 39.3 Å². The van der Waals surface area contributed by atoms with Gasteiger partial charge in [0.25, 0.3) is 0 Å². The minimum absolute atomic E-state index is 0. The van der Waals surface area contributed by atoms with Gasteiger partial charge in [0.1, 0.15) is 0 Å². The summed E-state index contributed by atoms with van der Waals surface area (Å²) in [6, 6.07) is 5.73. The van der Waals surface area contributed by atoms with E-state index in [1.165, 1.54) is 12.8 Å². The molecule has 1 atom stereocenters. The van der Waals surface area contributed by atoms with Gasteiger partial charge in [0.2, 0.25) is 12.3 Å². The summed E-state index contributed by atoms with van der Waals surface area (Å²) in [6.07, 6.45) is 5.41. The Labute approximate surface area is 149 Å². The zero-order valence-electron chi connectivity index (χ0n) is 13.8. The van der Waals surface area contributed by atoms with Gasteiger partial charge in [0.15, 0.2) is 0 Å². The zero-order valence-corrected chi connectivity index (χ0v) is 14.7. The molecule has 7 heteroatoms. The lowest BCUT2D eigenvalue weighted by Gasteiger charge is -2.41. The average Bonchev–Trinajstić information content (AvgIpc) is 3.08. The lowest BCUT2D eigenvalue weighted by atomic mass is 10.1. The van der Waals surface area contributed by atoms with E-state index in [4.69, 9.17) is 0 Å². The second-order valence-corrected chi connectivity index (χ2v) is 6.35. The third kappa shape index (κ3) is 4.68. The highest BCUT2D eigenvalue weighted by Crippen LogP contribution is 2.15. The molecule has 3 rings (SSSR count). The van der Waals surface area contributed by atoms with Gasteiger partial charge in [-0.1, -0.05) is 6.07 Å². The van der Waals surface area contributed by atoms with Crippen LogP contribution in [0, 0.1) is 0 Å². The van der Waals surface area contributed by atoms with E-state index in [0.29, 0.717) is 26.1 Å². The van der Waals surface area contributed by atoms with Crippen molar-refractivity contribution in [2.45, 2.75) is 25.3 Å². The van der Waals surface area contributed by atoms with Crippen molar-refractivity contribution in [3.8, 4) is 0 Å². The number of hydrogen-bond donors (Lipinski definition) is 0. The van der Waals surface area contributed by atoms with Crippen molar-refractivity contribution in [3.05, 3.63) is 30.1 Å². The van der Waals surface area contributed by atoms with Crippen LogP contribution in [-0.4, -0.2) is 77.3 Å². The maximum absolute atomic E-state index is 12.7. The molecule has 0 saturated carbocycles. The molecule has 0 unspecified atom stereocenters. The maximum atomic E-state index is 12.7.